The number of unbranched alkanes of at least 4 members (excludes halogenated alkanes) is 7. The van der Waals surface area contributed by atoms with Gasteiger partial charge in [-0.25, -0.2) is 4.79 Å². The van der Waals surface area contributed by atoms with Gasteiger partial charge in [-0.1, -0.05) is 51.9 Å². The normalized spacial score (nSPS) is 12.0. The van der Waals surface area contributed by atoms with E-state index in [2.05, 4.69) is 6.92 Å². The maximum absolute atomic E-state index is 11.2. The molecule has 124 valence electrons. The largest absolute Gasteiger partial charge is 0.508 e. The lowest BCUT2D eigenvalue weighted by Gasteiger charge is -2.15. The van der Waals surface area contributed by atoms with Gasteiger partial charge in [0, 0.05) is 0 Å². The molecule has 1 aromatic rings. The quantitative estimate of drug-likeness (QED) is 0.547. The fourth-order valence-corrected chi connectivity index (χ4v) is 2.39. The Labute approximate surface area is 133 Å². The standard InChI is InChI=1S/C18H28O4/c1-2-3-4-5-6-7-8-9-10-17(18(20)21)22-16-13-11-15(19)12-14-16/h11-14,17,19H,2-10H2,1H3,(H,20,21)/t17-/m0/s1. The van der Waals surface area contributed by atoms with Crippen molar-refractivity contribution in [2.75, 3.05) is 0 Å². The van der Waals surface area contributed by atoms with Crippen molar-refractivity contribution >= 4 is 5.97 Å². The Balaban J connectivity index is 2.21. The summed E-state index contributed by atoms with van der Waals surface area (Å²) in [5, 5.41) is 18.4. The van der Waals surface area contributed by atoms with Gasteiger partial charge in [0.25, 0.3) is 0 Å². The van der Waals surface area contributed by atoms with E-state index in [4.69, 9.17) is 4.74 Å². The first-order valence-electron chi connectivity index (χ1n) is 8.32. The van der Waals surface area contributed by atoms with Crippen LogP contribution in [0.5, 0.6) is 11.5 Å². The van der Waals surface area contributed by atoms with Gasteiger partial charge in [-0.3, -0.25) is 0 Å². The Morgan fingerprint density at radius 3 is 2.09 bits per heavy atom. The molecule has 0 unspecified atom stereocenters. The summed E-state index contributed by atoms with van der Waals surface area (Å²) < 4.78 is 5.48. The summed E-state index contributed by atoms with van der Waals surface area (Å²) >= 11 is 0. The Hall–Kier alpha value is -1.71. The van der Waals surface area contributed by atoms with Crippen LogP contribution in [0, 0.1) is 0 Å². The molecule has 1 rings (SSSR count). The number of carboxylic acids is 1. The van der Waals surface area contributed by atoms with Crippen LogP contribution in [0.2, 0.25) is 0 Å². The molecule has 0 aromatic heterocycles. The first-order chi connectivity index (χ1) is 10.6. The van der Waals surface area contributed by atoms with E-state index in [1.54, 1.807) is 12.1 Å². The summed E-state index contributed by atoms with van der Waals surface area (Å²) in [4.78, 5) is 11.2. The fourth-order valence-electron chi connectivity index (χ4n) is 2.39. The molecule has 0 saturated carbocycles. The number of carboxylic acid groups (broad SMARTS) is 1. The molecule has 0 spiro atoms. The summed E-state index contributed by atoms with van der Waals surface area (Å²) in [7, 11) is 0. The zero-order valence-corrected chi connectivity index (χ0v) is 13.5. The zero-order chi connectivity index (χ0) is 16.2. The highest BCUT2D eigenvalue weighted by Crippen LogP contribution is 2.19. The summed E-state index contributed by atoms with van der Waals surface area (Å²) in [5.41, 5.74) is 0. The number of rotatable bonds is 12. The van der Waals surface area contributed by atoms with Crippen molar-refractivity contribution in [3.05, 3.63) is 24.3 Å². The Morgan fingerprint density at radius 2 is 1.55 bits per heavy atom. The number of carbonyl (C=O) groups is 1. The molecule has 0 bridgehead atoms. The van der Waals surface area contributed by atoms with E-state index < -0.39 is 12.1 Å². The molecule has 4 heteroatoms. The van der Waals surface area contributed by atoms with E-state index in [0.29, 0.717) is 12.2 Å². The van der Waals surface area contributed by atoms with Gasteiger partial charge in [0.2, 0.25) is 0 Å². The summed E-state index contributed by atoms with van der Waals surface area (Å²) in [6.07, 6.45) is 9.16. The molecule has 1 atom stereocenters. The lowest BCUT2D eigenvalue weighted by molar-refractivity contribution is -0.145. The second kappa shape index (κ2) is 10.9. The van der Waals surface area contributed by atoms with Crippen molar-refractivity contribution in [1.29, 1.82) is 0 Å². The monoisotopic (exact) mass is 308 g/mol. The van der Waals surface area contributed by atoms with Crippen LogP contribution in [0.15, 0.2) is 24.3 Å². The number of aromatic hydroxyl groups is 1. The van der Waals surface area contributed by atoms with Crippen molar-refractivity contribution in [1.82, 2.24) is 0 Å². The molecular weight excluding hydrogens is 280 g/mol. The molecule has 0 aliphatic carbocycles. The van der Waals surface area contributed by atoms with Crippen LogP contribution < -0.4 is 4.74 Å². The number of benzene rings is 1. The zero-order valence-electron chi connectivity index (χ0n) is 13.5. The lowest BCUT2D eigenvalue weighted by atomic mass is 10.1. The number of ether oxygens (including phenoxy) is 1. The highest BCUT2D eigenvalue weighted by atomic mass is 16.5. The van der Waals surface area contributed by atoms with Crippen molar-refractivity contribution < 1.29 is 19.7 Å². The molecule has 0 aliphatic heterocycles. The topological polar surface area (TPSA) is 66.8 Å². The lowest BCUT2D eigenvalue weighted by Crippen LogP contribution is -2.26. The number of phenolic OH excluding ortho intramolecular Hbond substituents is 1. The summed E-state index contributed by atoms with van der Waals surface area (Å²) in [5.74, 6) is -0.317. The average molecular weight is 308 g/mol. The van der Waals surface area contributed by atoms with Crippen LogP contribution in [0.4, 0.5) is 0 Å². The molecule has 0 fully saturated rings. The third kappa shape index (κ3) is 7.91. The molecular formula is C18H28O4. The highest BCUT2D eigenvalue weighted by Gasteiger charge is 2.18. The van der Waals surface area contributed by atoms with Crippen molar-refractivity contribution in [2.45, 2.75) is 70.8 Å². The van der Waals surface area contributed by atoms with E-state index in [9.17, 15) is 15.0 Å². The van der Waals surface area contributed by atoms with Gasteiger partial charge in [0.1, 0.15) is 11.5 Å². The van der Waals surface area contributed by atoms with E-state index >= 15 is 0 Å². The van der Waals surface area contributed by atoms with Crippen LogP contribution in [-0.2, 0) is 4.79 Å². The number of aliphatic carboxylic acids is 1. The molecule has 1 aromatic carbocycles. The molecule has 22 heavy (non-hydrogen) atoms. The number of hydrogen-bond acceptors (Lipinski definition) is 3. The maximum atomic E-state index is 11.2. The van der Waals surface area contributed by atoms with Gasteiger partial charge >= 0.3 is 5.97 Å². The average Bonchev–Trinajstić information content (AvgIpc) is 2.50. The van der Waals surface area contributed by atoms with Gasteiger partial charge in [-0.2, -0.15) is 0 Å². The van der Waals surface area contributed by atoms with Crippen LogP contribution in [0.1, 0.15) is 64.7 Å². The Kier molecular flexibility index (Phi) is 9.12. The molecule has 0 amide bonds. The summed E-state index contributed by atoms with van der Waals surface area (Å²) in [6.45, 7) is 2.21. The summed E-state index contributed by atoms with van der Waals surface area (Å²) in [6, 6.07) is 6.15. The third-order valence-corrected chi connectivity index (χ3v) is 3.71. The predicted molar refractivity (Wildman–Crippen MR) is 87.4 cm³/mol. The molecule has 0 radical (unpaired) electrons. The van der Waals surface area contributed by atoms with E-state index in [1.165, 1.54) is 44.2 Å². The third-order valence-electron chi connectivity index (χ3n) is 3.71. The second-order valence-corrected chi connectivity index (χ2v) is 5.70. The first kappa shape index (κ1) is 18.3. The number of hydrogen-bond donors (Lipinski definition) is 2. The van der Waals surface area contributed by atoms with Crippen LogP contribution >= 0.6 is 0 Å². The minimum absolute atomic E-state index is 0.141. The van der Waals surface area contributed by atoms with Crippen molar-refractivity contribution in [3.63, 3.8) is 0 Å². The van der Waals surface area contributed by atoms with Crippen LogP contribution in [0.25, 0.3) is 0 Å². The van der Waals surface area contributed by atoms with Gasteiger partial charge in [-0.15, -0.1) is 0 Å². The fraction of sp³-hybridized carbons (Fsp3) is 0.611. The van der Waals surface area contributed by atoms with Gasteiger partial charge in [0.05, 0.1) is 0 Å². The van der Waals surface area contributed by atoms with E-state index in [1.807, 2.05) is 0 Å². The van der Waals surface area contributed by atoms with Crippen LogP contribution in [-0.4, -0.2) is 22.3 Å². The van der Waals surface area contributed by atoms with Crippen molar-refractivity contribution in [3.8, 4) is 11.5 Å². The SMILES string of the molecule is CCCCCCCCCC[C@H](Oc1ccc(O)cc1)C(=O)O. The van der Waals surface area contributed by atoms with Gasteiger partial charge in [-0.05, 0) is 37.1 Å². The smallest absolute Gasteiger partial charge is 0.344 e. The maximum Gasteiger partial charge on any atom is 0.344 e. The van der Waals surface area contributed by atoms with E-state index in [-0.39, 0.29) is 5.75 Å². The molecule has 0 saturated heterocycles. The van der Waals surface area contributed by atoms with Crippen LogP contribution in [0.3, 0.4) is 0 Å². The van der Waals surface area contributed by atoms with Gasteiger partial charge < -0.3 is 14.9 Å². The molecule has 0 heterocycles. The van der Waals surface area contributed by atoms with Crippen molar-refractivity contribution in [2.24, 2.45) is 0 Å². The molecule has 0 aliphatic rings. The number of phenols is 1. The van der Waals surface area contributed by atoms with Gasteiger partial charge in [0.15, 0.2) is 6.10 Å². The second-order valence-electron chi connectivity index (χ2n) is 5.70. The first-order valence-corrected chi connectivity index (χ1v) is 8.32. The highest BCUT2D eigenvalue weighted by molar-refractivity contribution is 5.72. The predicted octanol–water partition coefficient (Wildman–Crippen LogP) is 4.76. The van der Waals surface area contributed by atoms with E-state index in [0.717, 1.165) is 19.3 Å². The molecule has 2 N–H and O–H groups in total. The minimum Gasteiger partial charge on any atom is -0.508 e. The molecule has 4 nitrogen and oxygen atoms in total. The Bertz CT molecular complexity index is 414. The Morgan fingerprint density at radius 1 is 1.00 bits per heavy atom. The minimum atomic E-state index is -0.934.